The summed E-state index contributed by atoms with van der Waals surface area (Å²) >= 11 is 0. The van der Waals surface area contributed by atoms with Gasteiger partial charge in [0.1, 0.15) is 35.9 Å². The average molecular weight is 753 g/mol. The van der Waals surface area contributed by atoms with Crippen LogP contribution in [0.5, 0.6) is 0 Å². The molecule has 2 aromatic rings. The van der Waals surface area contributed by atoms with E-state index in [0.29, 0.717) is 0 Å². The number of carbonyl (C=O) groups excluding carboxylic acids is 7. The molecule has 1 aliphatic heterocycles. The van der Waals surface area contributed by atoms with Crippen LogP contribution in [0.1, 0.15) is 76.1 Å². The van der Waals surface area contributed by atoms with Gasteiger partial charge in [0, 0.05) is 40.5 Å². The minimum atomic E-state index is -2.26. The lowest BCUT2D eigenvalue weighted by atomic mass is 9.46. The summed E-state index contributed by atoms with van der Waals surface area (Å²) in [6.07, 6.45) is -9.82. The fraction of sp³-hybridized carbons (Fsp3) is 0.513. The zero-order valence-electron chi connectivity index (χ0n) is 31.2. The molecular weight excluding hydrogens is 708 g/mol. The number of ether oxygens (including phenoxy) is 8. The molecule has 0 unspecified atom stereocenters. The van der Waals surface area contributed by atoms with Gasteiger partial charge in [0.15, 0.2) is 18.3 Å². The van der Waals surface area contributed by atoms with Crippen LogP contribution < -0.4 is 0 Å². The molecule has 0 N–H and O–H groups in total. The van der Waals surface area contributed by atoms with Crippen molar-refractivity contribution >= 4 is 41.8 Å². The van der Waals surface area contributed by atoms with Crippen molar-refractivity contribution in [2.24, 2.45) is 17.3 Å². The van der Waals surface area contributed by atoms with Crippen molar-refractivity contribution in [3.63, 3.8) is 0 Å². The topological polar surface area (TPSA) is 193 Å². The highest BCUT2D eigenvalue weighted by Crippen LogP contribution is 2.69. The Hall–Kier alpha value is -5.31. The van der Waals surface area contributed by atoms with Gasteiger partial charge in [0.2, 0.25) is 0 Å². The molecule has 3 fully saturated rings. The Morgan fingerprint density at radius 3 is 1.43 bits per heavy atom. The Balaban J connectivity index is 1.94. The largest absolute Gasteiger partial charge is 0.465 e. The molecule has 3 aliphatic rings. The monoisotopic (exact) mass is 752 g/mol. The summed E-state index contributed by atoms with van der Waals surface area (Å²) in [4.78, 5) is 93.2. The highest BCUT2D eigenvalue weighted by atomic mass is 16.7. The minimum absolute atomic E-state index is 0.0330. The average Bonchev–Trinajstić information content (AvgIpc) is 3.29. The van der Waals surface area contributed by atoms with E-state index in [4.69, 9.17) is 37.9 Å². The Morgan fingerprint density at radius 2 is 0.981 bits per heavy atom. The van der Waals surface area contributed by atoms with Gasteiger partial charge in [-0.1, -0.05) is 43.3 Å². The first-order valence-corrected chi connectivity index (χ1v) is 17.4. The standard InChI is InChI=1S/C39H44O15/c1-20-29(48-22(3)41)31(50-24(5)43)34(53-36(46)27-17-13-10-14-18-27)38(19-47-21(2)40)33(52-35(45)26-15-11-9-12-16-26)30(49-23(4)42)28-32(51-25(6)44)39(20,38)54-37(28,7)8/h9-18,20,28-34H,19H2,1-8H3/t20-,28-,29-,30-,31+,32-,33+,34+,38-,39-/m1/s1. The number of rotatable bonds is 10. The first kappa shape index (κ1) is 39.9. The second-order valence-corrected chi connectivity index (χ2v) is 14.3. The van der Waals surface area contributed by atoms with E-state index in [2.05, 4.69) is 0 Å². The van der Waals surface area contributed by atoms with Gasteiger partial charge in [-0.05, 0) is 38.1 Å². The number of esters is 7. The summed E-state index contributed by atoms with van der Waals surface area (Å²) in [5.74, 6) is -8.39. The zero-order valence-corrected chi connectivity index (χ0v) is 31.2. The molecule has 1 heterocycles. The number of carbonyl (C=O) groups is 7. The van der Waals surface area contributed by atoms with E-state index in [1.54, 1.807) is 57.2 Å². The van der Waals surface area contributed by atoms with E-state index < -0.39 is 113 Å². The first-order chi connectivity index (χ1) is 25.4. The molecule has 0 radical (unpaired) electrons. The highest BCUT2D eigenvalue weighted by Gasteiger charge is 2.87. The van der Waals surface area contributed by atoms with Crippen molar-refractivity contribution in [1.29, 1.82) is 0 Å². The molecule has 2 saturated carbocycles. The van der Waals surface area contributed by atoms with E-state index in [1.807, 2.05) is 0 Å². The molecule has 2 aliphatic carbocycles. The van der Waals surface area contributed by atoms with Gasteiger partial charge >= 0.3 is 41.8 Å². The van der Waals surface area contributed by atoms with Gasteiger partial charge in [-0.15, -0.1) is 0 Å². The van der Waals surface area contributed by atoms with Gasteiger partial charge < -0.3 is 37.9 Å². The maximum atomic E-state index is 14.2. The third kappa shape index (κ3) is 7.04. The first-order valence-electron chi connectivity index (χ1n) is 17.4. The molecule has 15 nitrogen and oxygen atoms in total. The molecule has 1 spiro atoms. The molecule has 54 heavy (non-hydrogen) atoms. The van der Waals surface area contributed by atoms with Crippen LogP contribution in [-0.4, -0.2) is 96.2 Å². The van der Waals surface area contributed by atoms with Gasteiger partial charge in [0.05, 0.1) is 22.6 Å². The van der Waals surface area contributed by atoms with Gasteiger partial charge in [-0.25, -0.2) is 9.59 Å². The molecule has 0 amide bonds. The SMILES string of the molecule is CC(=O)OC[C@]12[C@@H](OC(=O)c3ccccc3)[C@H](OC(C)=O)[C@@H]3[C@@H](OC(C)=O)[C@]1(OC3(C)C)[C@H](C)[C@@H](OC(C)=O)[C@H](OC(C)=O)[C@@H]2OC(=O)c1ccccc1. The lowest BCUT2D eigenvalue weighted by molar-refractivity contribution is -0.345. The second-order valence-electron chi connectivity index (χ2n) is 14.3. The van der Waals surface area contributed by atoms with Crippen LogP contribution in [0.4, 0.5) is 0 Å². The maximum absolute atomic E-state index is 14.2. The normalized spacial score (nSPS) is 31.8. The van der Waals surface area contributed by atoms with Crippen molar-refractivity contribution < 1.29 is 71.5 Å². The van der Waals surface area contributed by atoms with Crippen LogP contribution in [0, 0.1) is 17.3 Å². The van der Waals surface area contributed by atoms with Crippen molar-refractivity contribution in [3.05, 3.63) is 71.8 Å². The molecule has 2 aromatic carbocycles. The molecular formula is C39H44O15. The third-order valence-corrected chi connectivity index (χ3v) is 10.4. The van der Waals surface area contributed by atoms with Gasteiger partial charge in [-0.3, -0.25) is 24.0 Å². The van der Waals surface area contributed by atoms with Crippen molar-refractivity contribution in [2.45, 2.75) is 103 Å². The fourth-order valence-electron chi connectivity index (χ4n) is 8.68. The minimum Gasteiger partial charge on any atom is -0.465 e. The third-order valence-electron chi connectivity index (χ3n) is 10.4. The van der Waals surface area contributed by atoms with Crippen LogP contribution in [0.3, 0.4) is 0 Å². The molecule has 1 saturated heterocycles. The number of fused-ring (bicyclic) bond motifs is 1. The lowest BCUT2D eigenvalue weighted by Gasteiger charge is -2.65. The van der Waals surface area contributed by atoms with E-state index in [-0.39, 0.29) is 11.1 Å². The van der Waals surface area contributed by atoms with Crippen LogP contribution in [0.25, 0.3) is 0 Å². The predicted molar refractivity (Wildman–Crippen MR) is 183 cm³/mol. The predicted octanol–water partition coefficient (Wildman–Crippen LogP) is 3.54. The molecule has 2 bridgehead atoms. The molecule has 0 aromatic heterocycles. The van der Waals surface area contributed by atoms with Crippen molar-refractivity contribution in [2.75, 3.05) is 6.61 Å². The Labute approximate surface area is 311 Å². The Bertz CT molecular complexity index is 1790. The summed E-state index contributed by atoms with van der Waals surface area (Å²) in [5, 5.41) is 0. The summed E-state index contributed by atoms with van der Waals surface area (Å²) in [5.41, 5.74) is -5.65. The lowest BCUT2D eigenvalue weighted by Crippen LogP contribution is -2.84. The smallest absolute Gasteiger partial charge is 0.338 e. The molecule has 15 heteroatoms. The quantitative estimate of drug-likeness (QED) is 0.253. The van der Waals surface area contributed by atoms with Crippen molar-refractivity contribution in [3.8, 4) is 0 Å². The molecule has 10 atom stereocenters. The van der Waals surface area contributed by atoms with Gasteiger partial charge in [-0.2, -0.15) is 0 Å². The number of hydrogen-bond acceptors (Lipinski definition) is 15. The Kier molecular flexibility index (Phi) is 11.2. The maximum Gasteiger partial charge on any atom is 0.338 e. The summed E-state index contributed by atoms with van der Waals surface area (Å²) < 4.78 is 49.5. The van der Waals surface area contributed by atoms with Crippen molar-refractivity contribution in [1.82, 2.24) is 0 Å². The molecule has 5 rings (SSSR count). The van der Waals surface area contributed by atoms with Crippen LogP contribution in [0.15, 0.2) is 60.7 Å². The van der Waals surface area contributed by atoms with E-state index in [9.17, 15) is 33.6 Å². The summed E-state index contributed by atoms with van der Waals surface area (Å²) in [7, 11) is 0. The highest BCUT2D eigenvalue weighted by molar-refractivity contribution is 5.90. The Morgan fingerprint density at radius 1 is 0.556 bits per heavy atom. The fourth-order valence-corrected chi connectivity index (χ4v) is 8.68. The van der Waals surface area contributed by atoms with E-state index >= 15 is 0 Å². The number of benzene rings is 2. The van der Waals surface area contributed by atoms with Gasteiger partial charge in [0.25, 0.3) is 0 Å². The van der Waals surface area contributed by atoms with E-state index in [1.165, 1.54) is 24.3 Å². The van der Waals surface area contributed by atoms with Crippen LogP contribution in [0.2, 0.25) is 0 Å². The summed E-state index contributed by atoms with van der Waals surface area (Å²) in [6.45, 7) is 9.59. The van der Waals surface area contributed by atoms with Crippen LogP contribution in [-0.2, 0) is 61.9 Å². The second kappa shape index (κ2) is 15.2. The van der Waals surface area contributed by atoms with Crippen LogP contribution >= 0.6 is 0 Å². The summed E-state index contributed by atoms with van der Waals surface area (Å²) in [6, 6.07) is 15.5. The molecule has 290 valence electrons. The van der Waals surface area contributed by atoms with E-state index in [0.717, 1.165) is 34.6 Å². The zero-order chi connectivity index (χ0) is 39.7. The number of hydrogen-bond donors (Lipinski definition) is 0.